The van der Waals surface area contributed by atoms with E-state index >= 15 is 0 Å². The van der Waals surface area contributed by atoms with Crippen molar-refractivity contribution < 1.29 is 13.2 Å². The van der Waals surface area contributed by atoms with Gasteiger partial charge in [-0.2, -0.15) is 0 Å². The Balaban J connectivity index is 1.35. The number of amides is 1. The van der Waals surface area contributed by atoms with E-state index in [2.05, 4.69) is 32.0 Å². The molecule has 1 aromatic rings. The van der Waals surface area contributed by atoms with Crippen LogP contribution < -0.4 is 10.0 Å². The zero-order valence-electron chi connectivity index (χ0n) is 16.1. The van der Waals surface area contributed by atoms with E-state index < -0.39 is 10.0 Å². The highest BCUT2D eigenvalue weighted by Gasteiger charge is 2.27. The molecule has 0 radical (unpaired) electrons. The highest BCUT2D eigenvalue weighted by Crippen LogP contribution is 2.30. The minimum atomic E-state index is -3.44. The minimum Gasteiger partial charge on any atom is -0.356 e. The first-order chi connectivity index (χ1) is 13.4. The quantitative estimate of drug-likeness (QED) is 0.524. The van der Waals surface area contributed by atoms with Gasteiger partial charge in [-0.3, -0.25) is 4.79 Å². The number of nitrogens with one attached hydrogen (secondary N) is 2. The van der Waals surface area contributed by atoms with Gasteiger partial charge in [0.15, 0.2) is 0 Å². The molecule has 0 spiro atoms. The van der Waals surface area contributed by atoms with Gasteiger partial charge in [0.2, 0.25) is 15.9 Å². The minimum absolute atomic E-state index is 0.0708. The van der Waals surface area contributed by atoms with Crippen molar-refractivity contribution in [2.24, 2.45) is 11.8 Å². The summed E-state index contributed by atoms with van der Waals surface area (Å²) in [5.41, 5.74) is 1.49. The first-order valence-electron chi connectivity index (χ1n) is 10.1. The van der Waals surface area contributed by atoms with Gasteiger partial charge in [-0.25, -0.2) is 13.1 Å². The lowest BCUT2D eigenvalue weighted by Crippen LogP contribution is -2.36. The van der Waals surface area contributed by atoms with Crippen LogP contribution in [0.2, 0.25) is 0 Å². The molecule has 1 saturated carbocycles. The van der Waals surface area contributed by atoms with E-state index in [1.165, 1.54) is 42.6 Å². The fourth-order valence-corrected chi connectivity index (χ4v) is 7.16. The monoisotopic (exact) mass is 488 g/mol. The predicted octanol–water partition coefficient (Wildman–Crippen LogP) is 4.60. The first kappa shape index (κ1) is 22.0. The number of allylic oxidation sites excluding steroid dienone is 1. The second kappa shape index (κ2) is 10.4. The van der Waals surface area contributed by atoms with Gasteiger partial charge in [-0.15, -0.1) is 11.3 Å². The van der Waals surface area contributed by atoms with E-state index in [4.69, 9.17) is 0 Å². The Morgan fingerprint density at radius 3 is 2.61 bits per heavy atom. The Kier molecular flexibility index (Phi) is 8.14. The molecule has 0 aliphatic heterocycles. The largest absolute Gasteiger partial charge is 0.356 e. The van der Waals surface area contributed by atoms with E-state index in [0.29, 0.717) is 16.7 Å². The molecule has 0 aromatic carbocycles. The summed E-state index contributed by atoms with van der Waals surface area (Å²) in [4.78, 5) is 12.4. The molecule has 2 N–H and O–H groups in total. The maximum Gasteiger partial charge on any atom is 0.250 e. The van der Waals surface area contributed by atoms with Crippen molar-refractivity contribution in [3.63, 3.8) is 0 Å². The molecule has 1 aromatic heterocycles. The number of hydrogen-bond acceptors (Lipinski definition) is 4. The van der Waals surface area contributed by atoms with E-state index in [1.54, 1.807) is 12.1 Å². The summed E-state index contributed by atoms with van der Waals surface area (Å²) in [5.74, 6) is 0.537. The topological polar surface area (TPSA) is 75.3 Å². The molecule has 28 heavy (non-hydrogen) atoms. The number of carbonyl (C=O) groups is 1. The fourth-order valence-electron chi connectivity index (χ4n) is 3.99. The van der Waals surface area contributed by atoms with Crippen LogP contribution in [0.15, 0.2) is 31.8 Å². The lowest BCUT2D eigenvalue weighted by Gasteiger charge is -2.28. The number of carbonyl (C=O) groups excluding carboxylic acids is 1. The Morgan fingerprint density at radius 2 is 1.96 bits per heavy atom. The molecular weight excluding hydrogens is 460 g/mol. The summed E-state index contributed by atoms with van der Waals surface area (Å²) in [6.07, 6.45) is 11.7. The van der Waals surface area contributed by atoms with Gasteiger partial charge < -0.3 is 5.32 Å². The molecule has 0 bridgehead atoms. The van der Waals surface area contributed by atoms with Crippen LogP contribution in [0.4, 0.5) is 0 Å². The van der Waals surface area contributed by atoms with E-state index in [9.17, 15) is 13.2 Å². The van der Waals surface area contributed by atoms with Crippen LogP contribution in [0, 0.1) is 11.8 Å². The van der Waals surface area contributed by atoms with Crippen LogP contribution in [0.25, 0.3) is 0 Å². The van der Waals surface area contributed by atoms with Crippen molar-refractivity contribution in [2.75, 3.05) is 13.1 Å². The zero-order chi connectivity index (χ0) is 20.0. The highest BCUT2D eigenvalue weighted by atomic mass is 79.9. The molecule has 1 heterocycles. The van der Waals surface area contributed by atoms with Crippen LogP contribution in [0.3, 0.4) is 0 Å². The van der Waals surface area contributed by atoms with Crippen LogP contribution >= 0.6 is 27.3 Å². The van der Waals surface area contributed by atoms with E-state index in [-0.39, 0.29) is 11.8 Å². The third kappa shape index (κ3) is 6.40. The Labute approximate surface area is 180 Å². The Hall–Kier alpha value is -0.700. The SMILES string of the molecule is O=C(NCCC1=CCCCC1)C1CCC(CNS(=O)(=O)c2ccc(Br)s2)CC1. The molecule has 1 amide bonds. The second-order valence-corrected chi connectivity index (χ2v) is 12.2. The lowest BCUT2D eigenvalue weighted by molar-refractivity contribution is -0.126. The molecule has 3 rings (SSSR count). The Morgan fingerprint density at radius 1 is 1.18 bits per heavy atom. The second-order valence-electron chi connectivity index (χ2n) is 7.78. The third-order valence-electron chi connectivity index (χ3n) is 5.72. The summed E-state index contributed by atoms with van der Waals surface area (Å²) in [6, 6.07) is 3.36. The normalized spacial score (nSPS) is 23.2. The molecule has 0 atom stereocenters. The molecule has 5 nitrogen and oxygen atoms in total. The molecule has 2 aliphatic rings. The molecule has 0 unspecified atom stereocenters. The molecule has 2 aliphatic carbocycles. The molecule has 8 heteroatoms. The van der Waals surface area contributed by atoms with Gasteiger partial charge in [-0.1, -0.05) is 11.6 Å². The van der Waals surface area contributed by atoms with Crippen LogP contribution in [-0.2, 0) is 14.8 Å². The van der Waals surface area contributed by atoms with E-state index in [0.717, 1.165) is 42.4 Å². The number of halogens is 1. The van der Waals surface area contributed by atoms with Crippen molar-refractivity contribution in [1.82, 2.24) is 10.0 Å². The summed E-state index contributed by atoms with van der Waals surface area (Å²) >= 11 is 4.51. The van der Waals surface area contributed by atoms with Gasteiger partial charge in [-0.05, 0) is 91.8 Å². The van der Waals surface area contributed by atoms with Gasteiger partial charge in [0.25, 0.3) is 0 Å². The van der Waals surface area contributed by atoms with Crippen molar-refractivity contribution >= 4 is 43.2 Å². The maximum atomic E-state index is 12.4. The summed E-state index contributed by atoms with van der Waals surface area (Å²) in [5, 5.41) is 3.10. The van der Waals surface area contributed by atoms with Crippen LogP contribution in [0.5, 0.6) is 0 Å². The van der Waals surface area contributed by atoms with E-state index in [1.807, 2.05) is 0 Å². The van der Waals surface area contributed by atoms with Crippen LogP contribution in [0.1, 0.15) is 57.8 Å². The summed E-state index contributed by atoms with van der Waals surface area (Å²) in [7, 11) is -3.44. The number of thiophene rings is 1. The van der Waals surface area contributed by atoms with Gasteiger partial charge in [0, 0.05) is 19.0 Å². The molecular formula is C20H29BrN2O3S2. The van der Waals surface area contributed by atoms with Gasteiger partial charge in [0.05, 0.1) is 3.79 Å². The smallest absolute Gasteiger partial charge is 0.250 e. The lowest BCUT2D eigenvalue weighted by atomic mass is 9.81. The van der Waals surface area contributed by atoms with Gasteiger partial charge >= 0.3 is 0 Å². The van der Waals surface area contributed by atoms with Crippen LogP contribution in [-0.4, -0.2) is 27.4 Å². The fraction of sp³-hybridized carbons (Fsp3) is 0.650. The first-order valence-corrected chi connectivity index (χ1v) is 13.2. The molecule has 0 saturated heterocycles. The average Bonchev–Trinajstić information content (AvgIpc) is 3.15. The highest BCUT2D eigenvalue weighted by molar-refractivity contribution is 9.11. The number of rotatable bonds is 8. The molecule has 156 valence electrons. The maximum absolute atomic E-state index is 12.4. The van der Waals surface area contributed by atoms with Gasteiger partial charge in [0.1, 0.15) is 4.21 Å². The van der Waals surface area contributed by atoms with Crippen molar-refractivity contribution in [1.29, 1.82) is 0 Å². The zero-order valence-corrected chi connectivity index (χ0v) is 19.3. The molecule has 1 fully saturated rings. The standard InChI is InChI=1S/C20H29BrN2O3S2/c21-18-10-11-19(27-18)28(25,26)23-14-16-6-8-17(9-7-16)20(24)22-13-12-15-4-2-1-3-5-15/h4,10-11,16-17,23H,1-3,5-9,12-14H2,(H,22,24). The third-order valence-corrected chi connectivity index (χ3v) is 9.26. The number of sulfonamides is 1. The average molecular weight is 490 g/mol. The van der Waals surface area contributed by atoms with Crippen molar-refractivity contribution in [3.8, 4) is 0 Å². The Bertz CT molecular complexity index is 796. The summed E-state index contributed by atoms with van der Waals surface area (Å²) in [6.45, 7) is 1.18. The predicted molar refractivity (Wildman–Crippen MR) is 117 cm³/mol. The van der Waals surface area contributed by atoms with Crippen molar-refractivity contribution in [3.05, 3.63) is 27.6 Å². The number of hydrogen-bond donors (Lipinski definition) is 2. The summed E-state index contributed by atoms with van der Waals surface area (Å²) < 4.78 is 28.5. The van der Waals surface area contributed by atoms with Crippen molar-refractivity contribution in [2.45, 2.75) is 62.0 Å².